The van der Waals surface area contributed by atoms with E-state index in [1.807, 2.05) is 20.8 Å². The molecule has 0 atom stereocenters. The summed E-state index contributed by atoms with van der Waals surface area (Å²) in [4.78, 5) is 31.1. The molecule has 7 heteroatoms. The van der Waals surface area contributed by atoms with Crippen molar-refractivity contribution in [3.8, 4) is 0 Å². The van der Waals surface area contributed by atoms with Gasteiger partial charge in [-0.3, -0.25) is 4.79 Å². The lowest BCUT2D eigenvalue weighted by Crippen LogP contribution is -2.51. The molecule has 0 radical (unpaired) electrons. The van der Waals surface area contributed by atoms with Gasteiger partial charge in [0.05, 0.1) is 13.0 Å². The molecule has 7 nitrogen and oxygen atoms in total. The summed E-state index contributed by atoms with van der Waals surface area (Å²) in [5, 5.41) is 11.4. The van der Waals surface area contributed by atoms with Crippen LogP contribution in [0.5, 0.6) is 0 Å². The van der Waals surface area contributed by atoms with Crippen molar-refractivity contribution in [2.45, 2.75) is 39.3 Å². The highest BCUT2D eigenvalue weighted by atomic mass is 16.4. The van der Waals surface area contributed by atoms with Crippen LogP contribution in [-0.4, -0.2) is 44.1 Å². The molecule has 0 unspecified atom stereocenters. The number of amides is 2. The molecule has 0 aromatic carbocycles. The number of nitrogens with one attached hydrogen (secondary N) is 2. The number of carbonyl (C=O) groups is 2. The van der Waals surface area contributed by atoms with Crippen molar-refractivity contribution < 1.29 is 14.7 Å². The van der Waals surface area contributed by atoms with Crippen LogP contribution in [0.4, 0.5) is 4.79 Å². The third kappa shape index (κ3) is 4.99. The standard InChI is InChI=1S/C12H20N4O3/c1-12(2,3)16(7-4-10(17)18)11(19)15-8-9-13-5-6-14-9/h5-6H,4,7-8H2,1-3H3,(H,13,14)(H,15,19)(H,17,18). The zero-order valence-corrected chi connectivity index (χ0v) is 11.4. The van der Waals surface area contributed by atoms with Crippen molar-refractivity contribution in [3.05, 3.63) is 18.2 Å². The first-order valence-electron chi connectivity index (χ1n) is 6.06. The number of H-pyrrole nitrogens is 1. The molecule has 0 spiro atoms. The van der Waals surface area contributed by atoms with Crippen LogP contribution >= 0.6 is 0 Å². The number of rotatable bonds is 5. The minimum Gasteiger partial charge on any atom is -0.481 e. The SMILES string of the molecule is CC(C)(C)N(CCC(=O)O)C(=O)NCc1ncc[nH]1. The zero-order chi connectivity index (χ0) is 14.5. The average Bonchev–Trinajstić information content (AvgIpc) is 2.76. The monoisotopic (exact) mass is 268 g/mol. The molecule has 2 amide bonds. The predicted octanol–water partition coefficient (Wildman–Crippen LogP) is 1.19. The molecule has 0 aliphatic heterocycles. The number of aromatic nitrogens is 2. The molecule has 1 aromatic rings. The lowest BCUT2D eigenvalue weighted by Gasteiger charge is -2.35. The summed E-state index contributed by atoms with van der Waals surface area (Å²) in [6.45, 7) is 6.04. The quantitative estimate of drug-likeness (QED) is 0.747. The van der Waals surface area contributed by atoms with Gasteiger partial charge in [-0.25, -0.2) is 9.78 Å². The van der Waals surface area contributed by atoms with Crippen molar-refractivity contribution in [2.24, 2.45) is 0 Å². The van der Waals surface area contributed by atoms with Crippen molar-refractivity contribution in [1.82, 2.24) is 20.2 Å². The molecule has 0 aliphatic carbocycles. The third-order valence-electron chi connectivity index (χ3n) is 2.57. The molecule has 0 bridgehead atoms. The highest BCUT2D eigenvalue weighted by Crippen LogP contribution is 2.14. The zero-order valence-electron chi connectivity index (χ0n) is 11.4. The number of aromatic amines is 1. The highest BCUT2D eigenvalue weighted by Gasteiger charge is 2.26. The Morgan fingerprint density at radius 1 is 1.47 bits per heavy atom. The summed E-state index contributed by atoms with van der Waals surface area (Å²) in [6, 6.07) is -0.301. The number of nitrogens with zero attached hydrogens (tertiary/aromatic N) is 2. The predicted molar refractivity (Wildman–Crippen MR) is 69.5 cm³/mol. The van der Waals surface area contributed by atoms with Crippen LogP contribution in [0.2, 0.25) is 0 Å². The number of carboxylic acids is 1. The molecule has 1 heterocycles. The number of urea groups is 1. The Bertz CT molecular complexity index is 423. The first-order chi connectivity index (χ1) is 8.80. The fourth-order valence-corrected chi connectivity index (χ4v) is 1.60. The Morgan fingerprint density at radius 3 is 2.63 bits per heavy atom. The van der Waals surface area contributed by atoms with Crippen LogP contribution in [0, 0.1) is 0 Å². The van der Waals surface area contributed by atoms with Gasteiger partial charge < -0.3 is 20.3 Å². The number of hydrogen-bond donors (Lipinski definition) is 3. The van der Waals surface area contributed by atoms with E-state index < -0.39 is 11.5 Å². The fraction of sp³-hybridized carbons (Fsp3) is 0.583. The van der Waals surface area contributed by atoms with Crippen molar-refractivity contribution in [3.63, 3.8) is 0 Å². The summed E-state index contributed by atoms with van der Waals surface area (Å²) in [7, 11) is 0. The Kier molecular flexibility index (Phi) is 4.91. The van der Waals surface area contributed by atoms with Gasteiger partial charge in [0.1, 0.15) is 5.82 Å². The Morgan fingerprint density at radius 2 is 2.16 bits per heavy atom. The molecule has 1 rings (SSSR count). The summed E-state index contributed by atoms with van der Waals surface area (Å²) >= 11 is 0. The minimum absolute atomic E-state index is 0.0779. The van der Waals surface area contributed by atoms with Gasteiger partial charge in [0, 0.05) is 24.5 Å². The van der Waals surface area contributed by atoms with E-state index in [0.717, 1.165) is 0 Å². The summed E-state index contributed by atoms with van der Waals surface area (Å²) in [5.41, 5.74) is -0.442. The van der Waals surface area contributed by atoms with Gasteiger partial charge in [0.25, 0.3) is 0 Å². The van der Waals surface area contributed by atoms with Crippen LogP contribution in [0.3, 0.4) is 0 Å². The Labute approximate surface area is 112 Å². The summed E-state index contributed by atoms with van der Waals surface area (Å²) < 4.78 is 0. The van der Waals surface area contributed by atoms with E-state index >= 15 is 0 Å². The van der Waals surface area contributed by atoms with Crippen molar-refractivity contribution >= 4 is 12.0 Å². The van der Waals surface area contributed by atoms with E-state index in [-0.39, 0.29) is 25.5 Å². The second-order valence-corrected chi connectivity index (χ2v) is 5.16. The number of imidazole rings is 1. The Balaban J connectivity index is 2.58. The molecule has 0 saturated carbocycles. The van der Waals surface area contributed by atoms with Crippen LogP contribution in [0.25, 0.3) is 0 Å². The first kappa shape index (κ1) is 15.0. The maximum atomic E-state index is 12.1. The van der Waals surface area contributed by atoms with Crippen molar-refractivity contribution in [1.29, 1.82) is 0 Å². The maximum Gasteiger partial charge on any atom is 0.318 e. The minimum atomic E-state index is -0.923. The van der Waals surface area contributed by atoms with Gasteiger partial charge in [-0.15, -0.1) is 0 Å². The normalized spacial score (nSPS) is 11.1. The van der Waals surface area contributed by atoms with E-state index in [9.17, 15) is 9.59 Å². The first-order valence-corrected chi connectivity index (χ1v) is 6.06. The van der Waals surface area contributed by atoms with Gasteiger partial charge >= 0.3 is 12.0 Å². The van der Waals surface area contributed by atoms with Crippen LogP contribution in [0.15, 0.2) is 12.4 Å². The van der Waals surface area contributed by atoms with Gasteiger partial charge in [-0.1, -0.05) is 0 Å². The van der Waals surface area contributed by atoms with Crippen LogP contribution in [-0.2, 0) is 11.3 Å². The summed E-state index contributed by atoms with van der Waals surface area (Å²) in [5.74, 6) is -0.270. The number of carbonyl (C=O) groups excluding carboxylic acids is 1. The van der Waals surface area contributed by atoms with Gasteiger partial charge in [0.15, 0.2) is 0 Å². The number of aliphatic carboxylic acids is 1. The molecular formula is C12H20N4O3. The lowest BCUT2D eigenvalue weighted by atomic mass is 10.1. The molecule has 0 aliphatic rings. The molecule has 106 valence electrons. The van der Waals surface area contributed by atoms with Crippen LogP contribution in [0.1, 0.15) is 33.0 Å². The van der Waals surface area contributed by atoms with Crippen molar-refractivity contribution in [2.75, 3.05) is 6.54 Å². The lowest BCUT2D eigenvalue weighted by molar-refractivity contribution is -0.137. The van der Waals surface area contributed by atoms with E-state index in [0.29, 0.717) is 5.82 Å². The second-order valence-electron chi connectivity index (χ2n) is 5.16. The molecule has 19 heavy (non-hydrogen) atoms. The van der Waals surface area contributed by atoms with E-state index in [1.165, 1.54) is 4.90 Å². The van der Waals surface area contributed by atoms with E-state index in [4.69, 9.17) is 5.11 Å². The number of carboxylic acid groups (broad SMARTS) is 1. The molecule has 0 saturated heterocycles. The average molecular weight is 268 g/mol. The molecule has 3 N–H and O–H groups in total. The topological polar surface area (TPSA) is 98.3 Å². The molecular weight excluding hydrogens is 248 g/mol. The highest BCUT2D eigenvalue weighted by molar-refractivity contribution is 5.76. The fourth-order valence-electron chi connectivity index (χ4n) is 1.60. The largest absolute Gasteiger partial charge is 0.481 e. The maximum absolute atomic E-state index is 12.1. The smallest absolute Gasteiger partial charge is 0.318 e. The van der Waals surface area contributed by atoms with Gasteiger partial charge in [-0.2, -0.15) is 0 Å². The molecule has 0 fully saturated rings. The number of hydrogen-bond acceptors (Lipinski definition) is 3. The summed E-state index contributed by atoms with van der Waals surface area (Å²) in [6.07, 6.45) is 3.20. The second kappa shape index (κ2) is 6.21. The van der Waals surface area contributed by atoms with Gasteiger partial charge in [-0.05, 0) is 20.8 Å². The Hall–Kier alpha value is -2.05. The van der Waals surface area contributed by atoms with Crippen LogP contribution < -0.4 is 5.32 Å². The van der Waals surface area contributed by atoms with E-state index in [1.54, 1.807) is 12.4 Å². The molecule has 1 aromatic heterocycles. The van der Waals surface area contributed by atoms with Gasteiger partial charge in [0.2, 0.25) is 0 Å². The third-order valence-corrected chi connectivity index (χ3v) is 2.57. The van der Waals surface area contributed by atoms with E-state index in [2.05, 4.69) is 15.3 Å².